The summed E-state index contributed by atoms with van der Waals surface area (Å²) in [6.45, 7) is 7.28. The first kappa shape index (κ1) is 27.1. The number of nitrogens with zero attached hydrogens (tertiary/aromatic N) is 5. The third-order valence-corrected chi connectivity index (χ3v) is 6.66. The van der Waals surface area contributed by atoms with Crippen LogP contribution in [0.1, 0.15) is 18.2 Å². The molecular formula is C28H28F3N7O2. The van der Waals surface area contributed by atoms with Crippen LogP contribution in [0.5, 0.6) is 11.6 Å². The minimum Gasteiger partial charge on any atom is -0.438 e. The minimum absolute atomic E-state index is 0.0234. The van der Waals surface area contributed by atoms with Crippen molar-refractivity contribution in [2.45, 2.75) is 19.6 Å². The molecule has 3 heterocycles. The van der Waals surface area contributed by atoms with Crippen LogP contribution in [0.3, 0.4) is 0 Å². The van der Waals surface area contributed by atoms with Gasteiger partial charge in [-0.25, -0.2) is 14.8 Å². The highest BCUT2D eigenvalue weighted by molar-refractivity contribution is 5.89. The standard InChI is InChI=1S/C28H28F3N7O2/c1-2-37-11-13-38(14-12-37)21-6-9-23-24(15-21)34-18-35-26(23)40-22-7-4-20(5-8-22)36-27(39)33-17-19-3-10-25(32-16-19)28(29,30)31/h3-10,15-16,18H,2,11-14,17H2,1H3,(H2,33,36,39). The molecule has 9 nitrogen and oxygen atoms in total. The Bertz CT molecular complexity index is 1460. The van der Waals surface area contributed by atoms with Gasteiger partial charge in [0.1, 0.15) is 17.8 Å². The van der Waals surface area contributed by atoms with Gasteiger partial charge in [-0.3, -0.25) is 4.98 Å². The van der Waals surface area contributed by atoms with E-state index in [1.54, 1.807) is 24.3 Å². The van der Waals surface area contributed by atoms with Crippen LogP contribution in [0.4, 0.5) is 29.3 Å². The van der Waals surface area contributed by atoms with Crippen LogP contribution in [0.25, 0.3) is 10.9 Å². The number of halogens is 3. The fraction of sp³-hybridized carbons (Fsp3) is 0.286. The number of likely N-dealkylation sites (N-methyl/N-ethyl adjacent to an activating group) is 1. The summed E-state index contributed by atoms with van der Waals surface area (Å²) in [4.78, 5) is 29.1. The van der Waals surface area contributed by atoms with E-state index in [1.807, 2.05) is 6.07 Å². The molecule has 0 unspecified atom stereocenters. The van der Waals surface area contributed by atoms with Crippen LogP contribution in [0.2, 0.25) is 0 Å². The van der Waals surface area contributed by atoms with E-state index in [4.69, 9.17) is 4.74 Å². The van der Waals surface area contributed by atoms with Gasteiger partial charge in [-0.1, -0.05) is 13.0 Å². The summed E-state index contributed by atoms with van der Waals surface area (Å²) >= 11 is 0. The summed E-state index contributed by atoms with van der Waals surface area (Å²) in [6.07, 6.45) is -1.95. The molecule has 2 aromatic carbocycles. The Kier molecular flexibility index (Phi) is 7.96. The average Bonchev–Trinajstić information content (AvgIpc) is 2.97. The molecule has 1 saturated heterocycles. The lowest BCUT2D eigenvalue weighted by atomic mass is 10.2. The van der Waals surface area contributed by atoms with Crippen molar-refractivity contribution in [3.8, 4) is 11.6 Å². The molecule has 12 heteroatoms. The maximum Gasteiger partial charge on any atom is 0.433 e. The normalized spacial score (nSPS) is 14.2. The molecule has 208 valence electrons. The minimum atomic E-state index is -4.51. The van der Waals surface area contributed by atoms with Gasteiger partial charge in [-0.05, 0) is 60.6 Å². The highest BCUT2D eigenvalue weighted by atomic mass is 19.4. The van der Waals surface area contributed by atoms with E-state index in [-0.39, 0.29) is 6.54 Å². The molecule has 0 saturated carbocycles. The van der Waals surface area contributed by atoms with E-state index >= 15 is 0 Å². The molecule has 2 N–H and O–H groups in total. The number of piperazine rings is 1. The number of aromatic nitrogens is 3. The Labute approximate surface area is 229 Å². The predicted molar refractivity (Wildman–Crippen MR) is 145 cm³/mol. The zero-order chi connectivity index (χ0) is 28.1. The SMILES string of the molecule is CCN1CCN(c2ccc3c(Oc4ccc(NC(=O)NCc5ccc(C(F)(F)F)nc5)cc4)ncnc3c2)CC1. The number of hydrogen-bond acceptors (Lipinski definition) is 7. The molecule has 0 radical (unpaired) electrons. The third kappa shape index (κ3) is 6.57. The zero-order valence-corrected chi connectivity index (χ0v) is 21.8. The topological polar surface area (TPSA) is 95.5 Å². The number of ether oxygens (including phenoxy) is 1. The van der Waals surface area contributed by atoms with Crippen molar-refractivity contribution in [1.82, 2.24) is 25.2 Å². The number of benzene rings is 2. The number of alkyl halides is 3. The molecule has 5 rings (SSSR count). The Morgan fingerprint density at radius 1 is 0.975 bits per heavy atom. The molecule has 1 fully saturated rings. The second kappa shape index (κ2) is 11.7. The number of urea groups is 1. The summed E-state index contributed by atoms with van der Waals surface area (Å²) in [6, 6.07) is 14.5. The summed E-state index contributed by atoms with van der Waals surface area (Å²) < 4.78 is 43.9. The highest BCUT2D eigenvalue weighted by Crippen LogP contribution is 2.30. The molecule has 0 aliphatic carbocycles. The van der Waals surface area contributed by atoms with E-state index in [2.05, 4.69) is 54.4 Å². The number of nitrogens with one attached hydrogen (secondary N) is 2. The van der Waals surface area contributed by atoms with Crippen molar-refractivity contribution < 1.29 is 22.7 Å². The highest BCUT2D eigenvalue weighted by Gasteiger charge is 2.32. The molecule has 4 aromatic rings. The fourth-order valence-corrected chi connectivity index (χ4v) is 4.39. The number of carbonyl (C=O) groups is 1. The van der Waals surface area contributed by atoms with Crippen LogP contribution in [-0.2, 0) is 12.7 Å². The van der Waals surface area contributed by atoms with Gasteiger partial charge in [0.25, 0.3) is 0 Å². The van der Waals surface area contributed by atoms with Gasteiger partial charge in [-0.2, -0.15) is 13.2 Å². The van der Waals surface area contributed by atoms with Gasteiger partial charge < -0.3 is 25.2 Å². The summed E-state index contributed by atoms with van der Waals surface area (Å²) in [5.41, 5.74) is 1.88. The summed E-state index contributed by atoms with van der Waals surface area (Å²) in [5.74, 6) is 0.956. The first-order valence-corrected chi connectivity index (χ1v) is 12.9. The number of fused-ring (bicyclic) bond motifs is 1. The van der Waals surface area contributed by atoms with Gasteiger partial charge in [-0.15, -0.1) is 0 Å². The van der Waals surface area contributed by atoms with Crippen LogP contribution in [0, 0.1) is 0 Å². The number of amides is 2. The van der Waals surface area contributed by atoms with Crippen molar-refractivity contribution in [2.75, 3.05) is 42.9 Å². The molecule has 1 aliphatic rings. The molecule has 40 heavy (non-hydrogen) atoms. The van der Waals surface area contributed by atoms with Crippen molar-refractivity contribution >= 4 is 28.3 Å². The van der Waals surface area contributed by atoms with Gasteiger partial charge in [0.05, 0.1) is 10.9 Å². The smallest absolute Gasteiger partial charge is 0.433 e. The number of pyridine rings is 1. The lowest BCUT2D eigenvalue weighted by Crippen LogP contribution is -2.46. The van der Waals surface area contributed by atoms with E-state index in [0.29, 0.717) is 22.9 Å². The molecule has 2 aromatic heterocycles. The van der Waals surface area contributed by atoms with Crippen molar-refractivity contribution in [2.24, 2.45) is 0 Å². The number of carbonyl (C=O) groups excluding carboxylic acids is 1. The maximum atomic E-state index is 12.6. The maximum absolute atomic E-state index is 12.6. The monoisotopic (exact) mass is 551 g/mol. The Balaban J connectivity index is 1.17. The van der Waals surface area contributed by atoms with E-state index in [0.717, 1.165) is 61.6 Å². The Morgan fingerprint density at radius 3 is 2.42 bits per heavy atom. The van der Waals surface area contributed by atoms with Crippen molar-refractivity contribution in [1.29, 1.82) is 0 Å². The molecule has 0 bridgehead atoms. The largest absolute Gasteiger partial charge is 0.438 e. The lowest BCUT2D eigenvalue weighted by Gasteiger charge is -2.35. The van der Waals surface area contributed by atoms with Crippen LogP contribution in [-0.4, -0.2) is 58.6 Å². The molecule has 2 amide bonds. The molecule has 0 spiro atoms. The quantitative estimate of drug-likeness (QED) is 0.322. The van der Waals surface area contributed by atoms with Crippen molar-refractivity contribution in [3.05, 3.63) is 78.4 Å². The predicted octanol–water partition coefficient (Wildman–Crippen LogP) is 5.30. The lowest BCUT2D eigenvalue weighted by molar-refractivity contribution is -0.141. The molecule has 1 aliphatic heterocycles. The summed E-state index contributed by atoms with van der Waals surface area (Å²) in [5, 5.41) is 6.05. The third-order valence-electron chi connectivity index (χ3n) is 6.66. The Morgan fingerprint density at radius 2 is 1.75 bits per heavy atom. The average molecular weight is 552 g/mol. The number of rotatable bonds is 7. The van der Waals surface area contributed by atoms with Crippen LogP contribution in [0.15, 0.2) is 67.1 Å². The summed E-state index contributed by atoms with van der Waals surface area (Å²) in [7, 11) is 0. The van der Waals surface area contributed by atoms with E-state index in [9.17, 15) is 18.0 Å². The first-order valence-electron chi connectivity index (χ1n) is 12.9. The van der Waals surface area contributed by atoms with Crippen LogP contribution < -0.4 is 20.3 Å². The van der Waals surface area contributed by atoms with Gasteiger partial charge >= 0.3 is 12.2 Å². The molecule has 0 atom stereocenters. The van der Waals surface area contributed by atoms with Crippen molar-refractivity contribution in [3.63, 3.8) is 0 Å². The number of anilines is 2. The number of hydrogen-bond donors (Lipinski definition) is 2. The zero-order valence-electron chi connectivity index (χ0n) is 21.8. The second-order valence-electron chi connectivity index (χ2n) is 9.29. The molecular weight excluding hydrogens is 523 g/mol. The Hall–Kier alpha value is -4.45. The fourth-order valence-electron chi connectivity index (χ4n) is 4.39. The second-order valence-corrected chi connectivity index (χ2v) is 9.29. The first-order chi connectivity index (χ1) is 19.3. The van der Waals surface area contributed by atoms with E-state index < -0.39 is 17.9 Å². The van der Waals surface area contributed by atoms with E-state index in [1.165, 1.54) is 12.4 Å². The van der Waals surface area contributed by atoms with Gasteiger partial charge in [0, 0.05) is 50.3 Å². The van der Waals surface area contributed by atoms with Crippen LogP contribution >= 0.6 is 0 Å². The van der Waals surface area contributed by atoms with Gasteiger partial charge in [0.15, 0.2) is 0 Å². The van der Waals surface area contributed by atoms with Gasteiger partial charge in [0.2, 0.25) is 5.88 Å².